The van der Waals surface area contributed by atoms with Crippen molar-refractivity contribution in [1.29, 1.82) is 0 Å². The summed E-state index contributed by atoms with van der Waals surface area (Å²) in [7, 11) is 1.47. The van der Waals surface area contributed by atoms with E-state index in [2.05, 4.69) is 5.32 Å². The highest BCUT2D eigenvalue weighted by molar-refractivity contribution is 6.39. The van der Waals surface area contributed by atoms with E-state index in [-0.39, 0.29) is 10.6 Å². The van der Waals surface area contributed by atoms with Crippen LogP contribution in [-0.2, 0) is 9.59 Å². The van der Waals surface area contributed by atoms with Crippen LogP contribution in [0.3, 0.4) is 0 Å². The topological polar surface area (TPSA) is 84.9 Å². The predicted octanol–water partition coefficient (Wildman–Crippen LogP) is 3.80. The lowest BCUT2D eigenvalue weighted by Crippen LogP contribution is -2.54. The molecule has 2 aromatic carbocycles. The minimum absolute atomic E-state index is 0.200. The normalized spacial score (nSPS) is 15.5. The maximum Gasteiger partial charge on any atom is 0.335 e. The summed E-state index contributed by atoms with van der Waals surface area (Å²) in [4.78, 5) is 38.3. The molecule has 2 aromatic rings. The Morgan fingerprint density at radius 3 is 2.52 bits per heavy atom. The molecule has 4 amide bonds. The van der Waals surface area contributed by atoms with Crippen LogP contribution in [0.5, 0.6) is 11.5 Å². The summed E-state index contributed by atoms with van der Waals surface area (Å²) in [5, 5.41) is 2.46. The van der Waals surface area contributed by atoms with Gasteiger partial charge in [-0.3, -0.25) is 14.9 Å². The van der Waals surface area contributed by atoms with E-state index in [1.54, 1.807) is 42.5 Å². The number of imide groups is 2. The van der Waals surface area contributed by atoms with Crippen LogP contribution in [0.4, 0.5) is 10.5 Å². The third kappa shape index (κ3) is 4.25. The van der Waals surface area contributed by atoms with E-state index in [9.17, 15) is 14.4 Å². The molecule has 1 aliphatic rings. The number of hydrogen-bond acceptors (Lipinski definition) is 5. The minimum Gasteiger partial charge on any atom is -0.493 e. The van der Waals surface area contributed by atoms with Gasteiger partial charge < -0.3 is 9.47 Å². The van der Waals surface area contributed by atoms with Crippen LogP contribution in [0, 0.1) is 0 Å². The average Bonchev–Trinajstić information content (AvgIpc) is 2.70. The van der Waals surface area contributed by atoms with Crippen LogP contribution in [0.1, 0.15) is 18.9 Å². The van der Waals surface area contributed by atoms with Crippen molar-refractivity contribution in [3.63, 3.8) is 0 Å². The first-order valence-corrected chi connectivity index (χ1v) is 9.31. The number of halogens is 1. The molecular formula is C21H19ClN2O5. The first-order chi connectivity index (χ1) is 14.0. The van der Waals surface area contributed by atoms with Crippen molar-refractivity contribution < 1.29 is 23.9 Å². The fourth-order valence-corrected chi connectivity index (χ4v) is 3.08. The smallest absolute Gasteiger partial charge is 0.335 e. The van der Waals surface area contributed by atoms with E-state index in [0.717, 1.165) is 11.3 Å². The summed E-state index contributed by atoms with van der Waals surface area (Å²) in [5.41, 5.74) is 0.609. The number of rotatable bonds is 6. The van der Waals surface area contributed by atoms with Crippen molar-refractivity contribution >= 4 is 41.2 Å². The Hall–Kier alpha value is -3.32. The molecule has 150 valence electrons. The zero-order chi connectivity index (χ0) is 21.0. The van der Waals surface area contributed by atoms with Gasteiger partial charge >= 0.3 is 6.03 Å². The summed E-state index contributed by atoms with van der Waals surface area (Å²) in [5.74, 6) is -0.754. The fraction of sp³-hybridized carbons (Fsp3) is 0.190. The Labute approximate surface area is 172 Å². The van der Waals surface area contributed by atoms with Crippen LogP contribution >= 0.6 is 11.6 Å². The standard InChI is InChI=1S/C21H19ClN2O5/c1-3-9-29-18-16(22)11-13(12-17(18)28-2)10-15-19(25)23-21(27)24(20(15)26)14-7-5-4-6-8-14/h4-8,10-12H,3,9H2,1-2H3,(H,23,25,27)/b15-10+. The number of hydrogen-bond donors (Lipinski definition) is 1. The molecule has 0 saturated carbocycles. The summed E-state index contributed by atoms with van der Waals surface area (Å²) >= 11 is 6.30. The molecule has 1 heterocycles. The zero-order valence-corrected chi connectivity index (χ0v) is 16.7. The summed E-state index contributed by atoms with van der Waals surface area (Å²) in [6.07, 6.45) is 2.15. The number of para-hydroxylation sites is 1. The first-order valence-electron chi connectivity index (χ1n) is 8.93. The highest BCUT2D eigenvalue weighted by Crippen LogP contribution is 2.37. The number of ether oxygens (including phenoxy) is 2. The summed E-state index contributed by atoms with van der Waals surface area (Å²) < 4.78 is 10.9. The lowest BCUT2D eigenvalue weighted by atomic mass is 10.1. The van der Waals surface area contributed by atoms with E-state index in [1.807, 2.05) is 6.92 Å². The Morgan fingerprint density at radius 1 is 1.14 bits per heavy atom. The zero-order valence-electron chi connectivity index (χ0n) is 15.9. The van der Waals surface area contributed by atoms with Crippen LogP contribution < -0.4 is 19.7 Å². The molecule has 0 radical (unpaired) electrons. The molecule has 0 aromatic heterocycles. The Morgan fingerprint density at radius 2 is 1.86 bits per heavy atom. The number of nitrogens with one attached hydrogen (secondary N) is 1. The molecule has 0 aliphatic carbocycles. The number of amides is 4. The molecule has 0 spiro atoms. The van der Waals surface area contributed by atoms with Crippen LogP contribution in [0.2, 0.25) is 5.02 Å². The largest absolute Gasteiger partial charge is 0.493 e. The Kier molecular flexibility index (Phi) is 6.19. The number of carbonyl (C=O) groups excluding carboxylic acids is 3. The molecule has 0 unspecified atom stereocenters. The second-order valence-electron chi connectivity index (χ2n) is 6.18. The molecule has 8 heteroatoms. The SMILES string of the molecule is CCCOc1c(Cl)cc(/C=C2\C(=O)NC(=O)N(c3ccccc3)C2=O)cc1OC. The van der Waals surface area contributed by atoms with Gasteiger partial charge in [0.15, 0.2) is 11.5 Å². The van der Waals surface area contributed by atoms with E-state index in [1.165, 1.54) is 13.2 Å². The van der Waals surface area contributed by atoms with Crippen LogP contribution in [0.15, 0.2) is 48.0 Å². The molecular weight excluding hydrogens is 396 g/mol. The van der Waals surface area contributed by atoms with Gasteiger partial charge in [-0.05, 0) is 42.3 Å². The third-order valence-electron chi connectivity index (χ3n) is 4.13. The summed E-state index contributed by atoms with van der Waals surface area (Å²) in [6.45, 7) is 2.43. The van der Waals surface area contributed by atoms with Gasteiger partial charge in [-0.1, -0.05) is 36.7 Å². The number of methoxy groups -OCH3 is 1. The van der Waals surface area contributed by atoms with E-state index in [0.29, 0.717) is 29.4 Å². The van der Waals surface area contributed by atoms with Gasteiger partial charge in [0, 0.05) is 0 Å². The summed E-state index contributed by atoms with van der Waals surface area (Å²) in [6, 6.07) is 10.7. The minimum atomic E-state index is -0.803. The van der Waals surface area contributed by atoms with Gasteiger partial charge in [0.2, 0.25) is 0 Å². The molecule has 0 atom stereocenters. The second kappa shape index (κ2) is 8.79. The van der Waals surface area contributed by atoms with Crippen molar-refractivity contribution in [3.05, 3.63) is 58.6 Å². The van der Waals surface area contributed by atoms with Crippen LogP contribution in [-0.4, -0.2) is 31.6 Å². The highest BCUT2D eigenvalue weighted by Gasteiger charge is 2.36. The number of nitrogens with zero attached hydrogens (tertiary/aromatic N) is 1. The van der Waals surface area contributed by atoms with Crippen molar-refractivity contribution in [2.45, 2.75) is 13.3 Å². The van der Waals surface area contributed by atoms with Gasteiger partial charge in [-0.15, -0.1) is 0 Å². The number of carbonyl (C=O) groups is 3. The molecule has 1 fully saturated rings. The monoisotopic (exact) mass is 414 g/mol. The van der Waals surface area contributed by atoms with E-state index in [4.69, 9.17) is 21.1 Å². The molecule has 0 bridgehead atoms. The molecule has 29 heavy (non-hydrogen) atoms. The van der Waals surface area contributed by atoms with Gasteiger partial charge in [0.05, 0.1) is 24.4 Å². The lowest BCUT2D eigenvalue weighted by molar-refractivity contribution is -0.122. The number of barbiturate groups is 1. The van der Waals surface area contributed by atoms with Crippen molar-refractivity contribution in [1.82, 2.24) is 5.32 Å². The predicted molar refractivity (Wildman–Crippen MR) is 109 cm³/mol. The maximum absolute atomic E-state index is 12.9. The quantitative estimate of drug-likeness (QED) is 0.574. The third-order valence-corrected chi connectivity index (χ3v) is 4.41. The van der Waals surface area contributed by atoms with Crippen molar-refractivity contribution in [2.24, 2.45) is 0 Å². The van der Waals surface area contributed by atoms with E-state index < -0.39 is 17.8 Å². The second-order valence-corrected chi connectivity index (χ2v) is 6.58. The van der Waals surface area contributed by atoms with E-state index >= 15 is 0 Å². The van der Waals surface area contributed by atoms with Crippen molar-refractivity contribution in [2.75, 3.05) is 18.6 Å². The van der Waals surface area contributed by atoms with Crippen molar-refractivity contribution in [3.8, 4) is 11.5 Å². The number of benzene rings is 2. The highest BCUT2D eigenvalue weighted by atomic mass is 35.5. The first kappa shape index (κ1) is 20.4. The molecule has 1 aliphatic heterocycles. The van der Waals surface area contributed by atoms with Gasteiger partial charge in [-0.2, -0.15) is 0 Å². The van der Waals surface area contributed by atoms with Gasteiger partial charge in [0.1, 0.15) is 5.57 Å². The molecule has 7 nitrogen and oxygen atoms in total. The molecule has 3 rings (SSSR count). The Bertz CT molecular complexity index is 988. The Balaban J connectivity index is 2.00. The molecule has 1 saturated heterocycles. The van der Waals surface area contributed by atoms with Gasteiger partial charge in [0.25, 0.3) is 11.8 Å². The number of urea groups is 1. The van der Waals surface area contributed by atoms with Crippen LogP contribution in [0.25, 0.3) is 6.08 Å². The fourth-order valence-electron chi connectivity index (χ4n) is 2.80. The number of anilines is 1. The van der Waals surface area contributed by atoms with Gasteiger partial charge in [-0.25, -0.2) is 9.69 Å². The lowest BCUT2D eigenvalue weighted by Gasteiger charge is -2.26. The molecule has 1 N–H and O–H groups in total. The maximum atomic E-state index is 12.9. The average molecular weight is 415 g/mol.